The lowest BCUT2D eigenvalue weighted by atomic mass is 9.97. The summed E-state index contributed by atoms with van der Waals surface area (Å²) in [5.74, 6) is 0.668. The molecule has 0 N–H and O–H groups in total. The molecule has 20 heavy (non-hydrogen) atoms. The highest BCUT2D eigenvalue weighted by molar-refractivity contribution is 9.10. The summed E-state index contributed by atoms with van der Waals surface area (Å²) in [6, 6.07) is 7.93. The molecule has 2 heterocycles. The normalized spacial score (nSPS) is 23.0. The fraction of sp³-hybridized carbons (Fsp3) is 0.357. The van der Waals surface area contributed by atoms with E-state index in [1.54, 1.807) is 6.20 Å². The van der Waals surface area contributed by atoms with E-state index in [9.17, 15) is 8.42 Å². The van der Waals surface area contributed by atoms with Gasteiger partial charge in [-0.3, -0.25) is 4.98 Å². The second-order valence-corrected chi connectivity index (χ2v) is 9.17. The van der Waals surface area contributed by atoms with E-state index in [1.807, 2.05) is 24.3 Å². The van der Waals surface area contributed by atoms with Crippen LogP contribution in [0.25, 0.3) is 10.9 Å². The molecule has 2 atom stereocenters. The van der Waals surface area contributed by atoms with Crippen LogP contribution >= 0.6 is 31.9 Å². The van der Waals surface area contributed by atoms with Crippen LogP contribution in [0, 0.1) is 5.92 Å². The SMILES string of the molecule is O=S1(=O)CCC(C(Br)c2ccc(Br)c3cccnc23)C1. The Labute approximate surface area is 135 Å². The maximum atomic E-state index is 11.7. The average molecular weight is 419 g/mol. The first-order valence-corrected chi connectivity index (χ1v) is 9.88. The number of rotatable bonds is 2. The van der Waals surface area contributed by atoms with E-state index in [2.05, 4.69) is 36.8 Å². The predicted octanol–water partition coefficient (Wildman–Crippen LogP) is 3.87. The number of hydrogen-bond acceptors (Lipinski definition) is 3. The number of aromatic nitrogens is 1. The third-order valence-electron chi connectivity index (χ3n) is 3.73. The zero-order chi connectivity index (χ0) is 14.3. The minimum atomic E-state index is -2.87. The summed E-state index contributed by atoms with van der Waals surface area (Å²) >= 11 is 7.22. The van der Waals surface area contributed by atoms with E-state index >= 15 is 0 Å². The van der Waals surface area contributed by atoms with Gasteiger partial charge in [0.15, 0.2) is 9.84 Å². The topological polar surface area (TPSA) is 47.0 Å². The van der Waals surface area contributed by atoms with Crippen molar-refractivity contribution in [1.29, 1.82) is 0 Å². The number of benzene rings is 1. The maximum absolute atomic E-state index is 11.7. The van der Waals surface area contributed by atoms with Gasteiger partial charge in [0.05, 0.1) is 17.0 Å². The monoisotopic (exact) mass is 417 g/mol. The van der Waals surface area contributed by atoms with E-state index in [4.69, 9.17) is 0 Å². The first-order valence-electron chi connectivity index (χ1n) is 6.35. The minimum absolute atomic E-state index is 0.0188. The molecule has 6 heteroatoms. The van der Waals surface area contributed by atoms with Gasteiger partial charge in [0.1, 0.15) is 0 Å². The zero-order valence-corrected chi connectivity index (χ0v) is 14.6. The molecule has 1 aliphatic heterocycles. The van der Waals surface area contributed by atoms with Gasteiger partial charge in [-0.25, -0.2) is 8.42 Å². The Balaban J connectivity index is 2.04. The van der Waals surface area contributed by atoms with E-state index in [-0.39, 0.29) is 16.5 Å². The van der Waals surface area contributed by atoms with Crippen molar-refractivity contribution in [1.82, 2.24) is 4.98 Å². The number of hydrogen-bond donors (Lipinski definition) is 0. The van der Waals surface area contributed by atoms with E-state index in [0.717, 1.165) is 20.9 Å². The molecule has 0 spiro atoms. The highest BCUT2D eigenvalue weighted by Crippen LogP contribution is 2.41. The molecule has 1 aromatic heterocycles. The van der Waals surface area contributed by atoms with Crippen molar-refractivity contribution in [2.45, 2.75) is 11.2 Å². The first kappa shape index (κ1) is 14.5. The van der Waals surface area contributed by atoms with Gasteiger partial charge in [-0.1, -0.05) is 44.0 Å². The van der Waals surface area contributed by atoms with Crippen molar-refractivity contribution in [2.24, 2.45) is 5.92 Å². The van der Waals surface area contributed by atoms with Crippen molar-refractivity contribution >= 4 is 52.6 Å². The number of fused-ring (bicyclic) bond motifs is 1. The van der Waals surface area contributed by atoms with Gasteiger partial charge >= 0.3 is 0 Å². The van der Waals surface area contributed by atoms with Crippen LogP contribution in [0.3, 0.4) is 0 Å². The van der Waals surface area contributed by atoms with Crippen molar-refractivity contribution in [2.75, 3.05) is 11.5 Å². The molecule has 1 fully saturated rings. The quantitative estimate of drug-likeness (QED) is 0.695. The van der Waals surface area contributed by atoms with Crippen LogP contribution in [0.15, 0.2) is 34.9 Å². The van der Waals surface area contributed by atoms with Crippen LogP contribution in [-0.2, 0) is 9.84 Å². The maximum Gasteiger partial charge on any atom is 0.150 e. The summed E-state index contributed by atoms with van der Waals surface area (Å²) < 4.78 is 24.3. The fourth-order valence-electron chi connectivity index (χ4n) is 2.69. The fourth-order valence-corrected chi connectivity index (χ4v) is 6.05. The third kappa shape index (κ3) is 2.65. The highest BCUT2D eigenvalue weighted by Gasteiger charge is 2.34. The van der Waals surface area contributed by atoms with Gasteiger partial charge in [0.25, 0.3) is 0 Å². The van der Waals surface area contributed by atoms with Crippen LogP contribution in [0.5, 0.6) is 0 Å². The molecular weight excluding hydrogens is 406 g/mol. The molecule has 0 aliphatic carbocycles. The van der Waals surface area contributed by atoms with E-state index in [1.165, 1.54) is 0 Å². The van der Waals surface area contributed by atoms with Gasteiger partial charge < -0.3 is 0 Å². The highest BCUT2D eigenvalue weighted by atomic mass is 79.9. The Morgan fingerprint density at radius 1 is 1.30 bits per heavy atom. The standard InChI is InChI=1S/C14H13Br2NO2S/c15-12-4-3-11(14-10(12)2-1-6-17-14)13(16)9-5-7-20(18,19)8-9/h1-4,6,9,13H,5,7-8H2. The van der Waals surface area contributed by atoms with E-state index < -0.39 is 9.84 Å². The van der Waals surface area contributed by atoms with Crippen molar-refractivity contribution < 1.29 is 8.42 Å². The second-order valence-electron chi connectivity index (χ2n) is 5.10. The third-order valence-corrected chi connectivity index (χ3v) is 7.45. The number of sulfone groups is 1. The number of halogens is 2. The molecule has 3 nitrogen and oxygen atoms in total. The molecule has 106 valence electrons. The van der Waals surface area contributed by atoms with Crippen molar-refractivity contribution in [3.63, 3.8) is 0 Å². The molecule has 1 saturated heterocycles. The smallest absolute Gasteiger partial charge is 0.150 e. The van der Waals surface area contributed by atoms with Gasteiger partial charge in [0, 0.05) is 20.9 Å². The lowest BCUT2D eigenvalue weighted by Crippen LogP contribution is -2.10. The zero-order valence-electron chi connectivity index (χ0n) is 10.6. The first-order chi connectivity index (χ1) is 9.48. The van der Waals surface area contributed by atoms with Crippen molar-refractivity contribution in [3.8, 4) is 0 Å². The van der Waals surface area contributed by atoms with E-state index in [0.29, 0.717) is 12.2 Å². The Kier molecular flexibility index (Phi) is 3.90. The van der Waals surface area contributed by atoms with Gasteiger partial charge in [-0.15, -0.1) is 0 Å². The summed E-state index contributed by atoms with van der Waals surface area (Å²) in [5.41, 5.74) is 1.99. The van der Waals surface area contributed by atoms with Crippen LogP contribution in [0.4, 0.5) is 0 Å². The van der Waals surface area contributed by atoms with Crippen LogP contribution < -0.4 is 0 Å². The molecule has 2 unspecified atom stereocenters. The predicted molar refractivity (Wildman–Crippen MR) is 87.9 cm³/mol. The average Bonchev–Trinajstić information content (AvgIpc) is 2.79. The molecule has 1 aromatic carbocycles. The molecule has 0 radical (unpaired) electrons. The van der Waals surface area contributed by atoms with Crippen molar-refractivity contribution in [3.05, 3.63) is 40.5 Å². The molecule has 0 amide bonds. The van der Waals surface area contributed by atoms with Crippen LogP contribution in [0.2, 0.25) is 0 Å². The van der Waals surface area contributed by atoms with Crippen LogP contribution in [-0.4, -0.2) is 24.9 Å². The Bertz CT molecular complexity index is 761. The molecule has 2 aromatic rings. The lowest BCUT2D eigenvalue weighted by molar-refractivity contribution is 0.581. The van der Waals surface area contributed by atoms with Gasteiger partial charge in [-0.2, -0.15) is 0 Å². The van der Waals surface area contributed by atoms with Gasteiger partial charge in [-0.05, 0) is 30.0 Å². The molecule has 3 rings (SSSR count). The number of pyridine rings is 1. The summed E-state index contributed by atoms with van der Waals surface area (Å²) in [6.07, 6.45) is 2.48. The number of nitrogens with zero attached hydrogens (tertiary/aromatic N) is 1. The Hall–Kier alpha value is -0.460. The number of alkyl halides is 1. The lowest BCUT2D eigenvalue weighted by Gasteiger charge is -2.18. The molecular formula is C14H13Br2NO2S. The van der Waals surface area contributed by atoms with Gasteiger partial charge in [0.2, 0.25) is 0 Å². The summed E-state index contributed by atoms with van der Waals surface area (Å²) in [4.78, 5) is 4.48. The van der Waals surface area contributed by atoms with Crippen LogP contribution in [0.1, 0.15) is 16.8 Å². The second kappa shape index (κ2) is 5.39. The summed E-state index contributed by atoms with van der Waals surface area (Å²) in [7, 11) is -2.87. The molecule has 0 bridgehead atoms. The minimum Gasteiger partial charge on any atom is -0.256 e. The molecule has 1 aliphatic rings. The largest absolute Gasteiger partial charge is 0.256 e. The molecule has 0 saturated carbocycles. The Morgan fingerprint density at radius 3 is 2.80 bits per heavy atom. The summed E-state index contributed by atoms with van der Waals surface area (Å²) in [6.45, 7) is 0. The summed E-state index contributed by atoms with van der Waals surface area (Å²) in [5, 5.41) is 1.05. The Morgan fingerprint density at radius 2 is 2.10 bits per heavy atom.